The van der Waals surface area contributed by atoms with Gasteiger partial charge in [0, 0.05) is 17.3 Å². The number of anilines is 1. The molecule has 1 aromatic carbocycles. The molecule has 1 fully saturated rings. The highest BCUT2D eigenvalue weighted by Crippen LogP contribution is 2.33. The molecule has 1 aliphatic heterocycles. The van der Waals surface area contributed by atoms with Crippen molar-refractivity contribution in [2.45, 2.75) is 6.04 Å². The van der Waals surface area contributed by atoms with Crippen molar-refractivity contribution in [1.82, 2.24) is 34.8 Å². The first-order valence-corrected chi connectivity index (χ1v) is 10.1. The average Bonchev–Trinajstić information content (AvgIpc) is 3.59. The second-order valence-corrected chi connectivity index (χ2v) is 7.38. The van der Waals surface area contributed by atoms with Crippen LogP contribution >= 0.6 is 0 Å². The van der Waals surface area contributed by atoms with Gasteiger partial charge in [-0.15, -0.1) is 0 Å². The second-order valence-electron chi connectivity index (χ2n) is 7.38. The maximum atomic E-state index is 13.3. The van der Waals surface area contributed by atoms with E-state index >= 15 is 0 Å². The van der Waals surface area contributed by atoms with Crippen molar-refractivity contribution in [3.8, 4) is 22.5 Å². The van der Waals surface area contributed by atoms with Gasteiger partial charge in [0.2, 0.25) is 0 Å². The highest BCUT2D eigenvalue weighted by molar-refractivity contribution is 5.90. The number of benzene rings is 1. The van der Waals surface area contributed by atoms with E-state index in [1.165, 1.54) is 23.4 Å². The molecule has 1 atom stereocenters. The molecule has 0 aliphatic carbocycles. The Morgan fingerprint density at radius 3 is 2.64 bits per heavy atom. The third-order valence-electron chi connectivity index (χ3n) is 5.44. The minimum atomic E-state index is -0.542. The molecule has 1 unspecified atom stereocenters. The van der Waals surface area contributed by atoms with Crippen LogP contribution in [-0.4, -0.2) is 47.5 Å². The summed E-state index contributed by atoms with van der Waals surface area (Å²) in [6, 6.07) is 11.7. The summed E-state index contributed by atoms with van der Waals surface area (Å²) in [5, 5.41) is 11.2. The van der Waals surface area contributed by atoms with Gasteiger partial charge in [-0.05, 0) is 23.8 Å². The van der Waals surface area contributed by atoms with Crippen LogP contribution in [0.25, 0.3) is 28.2 Å². The lowest BCUT2D eigenvalue weighted by Gasteiger charge is -2.20. The fraction of sp³-hybridized carbons (Fsp3) is 0.0909. The van der Waals surface area contributed by atoms with Crippen molar-refractivity contribution < 1.29 is 13.9 Å². The van der Waals surface area contributed by atoms with Gasteiger partial charge in [-0.2, -0.15) is 10.2 Å². The van der Waals surface area contributed by atoms with E-state index in [9.17, 15) is 9.18 Å². The third kappa shape index (κ3) is 3.26. The Labute approximate surface area is 185 Å². The number of amides is 1. The molecule has 5 heterocycles. The van der Waals surface area contributed by atoms with Crippen molar-refractivity contribution in [2.75, 3.05) is 11.5 Å². The molecule has 1 saturated heterocycles. The van der Waals surface area contributed by atoms with Gasteiger partial charge in [-0.25, -0.2) is 28.6 Å². The SMILES string of the molecule is O=C1OCC(c2ccc(F)cn2)N1c1ccn2ncc(-c3ccc(-c4nc[nH]n4)cc3)c2n1. The van der Waals surface area contributed by atoms with Gasteiger partial charge in [0.05, 0.1) is 18.1 Å². The van der Waals surface area contributed by atoms with E-state index in [2.05, 4.69) is 25.3 Å². The minimum absolute atomic E-state index is 0.0964. The summed E-state index contributed by atoms with van der Waals surface area (Å²) in [5.41, 5.74) is 3.65. The quantitative estimate of drug-likeness (QED) is 0.454. The number of pyridine rings is 1. The number of H-pyrrole nitrogens is 1. The van der Waals surface area contributed by atoms with Crippen LogP contribution in [0.15, 0.2) is 67.4 Å². The zero-order valence-corrected chi connectivity index (χ0v) is 17.0. The van der Waals surface area contributed by atoms with Gasteiger partial charge in [0.25, 0.3) is 0 Å². The van der Waals surface area contributed by atoms with E-state index in [1.54, 1.807) is 23.0 Å². The third-order valence-corrected chi connectivity index (χ3v) is 5.44. The van der Waals surface area contributed by atoms with Crippen LogP contribution in [0.1, 0.15) is 11.7 Å². The van der Waals surface area contributed by atoms with Crippen molar-refractivity contribution in [2.24, 2.45) is 0 Å². The molecule has 10 nitrogen and oxygen atoms in total. The lowest BCUT2D eigenvalue weighted by Crippen LogP contribution is -2.28. The number of hydrogen-bond acceptors (Lipinski definition) is 7. The second kappa shape index (κ2) is 7.48. The predicted octanol–water partition coefficient (Wildman–Crippen LogP) is 3.41. The number of carbonyl (C=O) groups excluding carboxylic acids is 1. The Morgan fingerprint density at radius 2 is 1.88 bits per heavy atom. The number of nitrogens with one attached hydrogen (secondary N) is 1. The van der Waals surface area contributed by atoms with Gasteiger partial charge in [-0.1, -0.05) is 24.3 Å². The standard InChI is InChI=1S/C22H15FN8O2/c23-15-5-6-17(24-9-15)18-11-33-22(32)31(18)19-7-8-30-21(28-19)16(10-27-30)13-1-3-14(4-2-13)20-25-12-26-29-20/h1-10,12,18H,11H2,(H,25,26,29). The van der Waals surface area contributed by atoms with E-state index in [4.69, 9.17) is 9.72 Å². The molecule has 0 radical (unpaired) electrons. The first-order chi connectivity index (χ1) is 16.2. The summed E-state index contributed by atoms with van der Waals surface area (Å²) in [5.74, 6) is 0.545. The minimum Gasteiger partial charge on any atom is -0.446 e. The smallest absolute Gasteiger partial charge is 0.416 e. The van der Waals surface area contributed by atoms with Crippen LogP contribution < -0.4 is 4.90 Å². The number of aromatic nitrogens is 7. The molecule has 0 bridgehead atoms. The zero-order valence-electron chi connectivity index (χ0n) is 17.0. The average molecular weight is 442 g/mol. The van der Waals surface area contributed by atoms with Crippen molar-refractivity contribution >= 4 is 17.6 Å². The highest BCUT2D eigenvalue weighted by atomic mass is 19.1. The predicted molar refractivity (Wildman–Crippen MR) is 115 cm³/mol. The van der Waals surface area contributed by atoms with Crippen molar-refractivity contribution in [1.29, 1.82) is 0 Å². The van der Waals surface area contributed by atoms with Crippen LogP contribution in [0, 0.1) is 5.82 Å². The Hall–Kier alpha value is -4.67. The largest absolute Gasteiger partial charge is 0.446 e. The first-order valence-electron chi connectivity index (χ1n) is 10.1. The summed E-state index contributed by atoms with van der Waals surface area (Å²) in [7, 11) is 0. The van der Waals surface area contributed by atoms with E-state index in [0.29, 0.717) is 23.0 Å². The summed E-state index contributed by atoms with van der Waals surface area (Å²) >= 11 is 0. The van der Waals surface area contributed by atoms with E-state index in [0.717, 1.165) is 22.9 Å². The van der Waals surface area contributed by atoms with Gasteiger partial charge >= 0.3 is 6.09 Å². The molecule has 162 valence electrons. The molecule has 33 heavy (non-hydrogen) atoms. The zero-order chi connectivity index (χ0) is 22.4. The molecular formula is C22H15FN8O2. The lowest BCUT2D eigenvalue weighted by atomic mass is 10.1. The molecule has 0 saturated carbocycles. The summed E-state index contributed by atoms with van der Waals surface area (Å²) in [6.07, 6.45) is 5.54. The molecule has 5 aromatic rings. The van der Waals surface area contributed by atoms with Crippen LogP contribution in [-0.2, 0) is 4.74 Å². The summed E-state index contributed by atoms with van der Waals surface area (Å²) < 4.78 is 20.2. The molecule has 4 aromatic heterocycles. The number of aromatic amines is 1. The number of ether oxygens (including phenoxy) is 1. The molecule has 11 heteroatoms. The summed E-state index contributed by atoms with van der Waals surface area (Å²) in [6.45, 7) is 0.0964. The molecule has 0 spiro atoms. The van der Waals surface area contributed by atoms with Gasteiger partial charge in [-0.3, -0.25) is 10.1 Å². The number of hydrogen-bond donors (Lipinski definition) is 1. The van der Waals surface area contributed by atoms with Crippen LogP contribution in [0.3, 0.4) is 0 Å². The topological polar surface area (TPSA) is 114 Å². The first kappa shape index (κ1) is 19.0. The number of fused-ring (bicyclic) bond motifs is 1. The molecule has 1 amide bonds. The fourth-order valence-corrected chi connectivity index (χ4v) is 3.82. The van der Waals surface area contributed by atoms with Crippen LogP contribution in [0.2, 0.25) is 0 Å². The Bertz CT molecular complexity index is 1450. The molecule has 6 rings (SSSR count). The lowest BCUT2D eigenvalue weighted by molar-refractivity contribution is 0.178. The van der Waals surface area contributed by atoms with Crippen LogP contribution in [0.4, 0.5) is 15.0 Å². The maximum Gasteiger partial charge on any atom is 0.416 e. The Balaban J connectivity index is 1.38. The van der Waals surface area contributed by atoms with E-state index in [-0.39, 0.29) is 6.61 Å². The van der Waals surface area contributed by atoms with Gasteiger partial charge in [0.1, 0.15) is 30.6 Å². The van der Waals surface area contributed by atoms with Gasteiger partial charge < -0.3 is 4.74 Å². The maximum absolute atomic E-state index is 13.3. The highest BCUT2D eigenvalue weighted by Gasteiger charge is 2.37. The Morgan fingerprint density at radius 1 is 1.03 bits per heavy atom. The van der Waals surface area contributed by atoms with Crippen LogP contribution in [0.5, 0.6) is 0 Å². The molecular weight excluding hydrogens is 427 g/mol. The molecule has 1 aliphatic rings. The summed E-state index contributed by atoms with van der Waals surface area (Å²) in [4.78, 5) is 26.9. The number of rotatable bonds is 4. The Kier molecular flexibility index (Phi) is 4.32. The van der Waals surface area contributed by atoms with E-state index in [1.807, 2.05) is 24.3 Å². The number of halogens is 1. The number of cyclic esters (lactones) is 1. The monoisotopic (exact) mass is 442 g/mol. The number of nitrogens with zero attached hydrogens (tertiary/aromatic N) is 7. The fourth-order valence-electron chi connectivity index (χ4n) is 3.82. The van der Waals surface area contributed by atoms with Crippen molar-refractivity contribution in [3.05, 3.63) is 78.9 Å². The van der Waals surface area contributed by atoms with Gasteiger partial charge in [0.15, 0.2) is 11.5 Å². The normalized spacial score (nSPS) is 15.8. The number of carbonyl (C=O) groups is 1. The molecule has 1 N–H and O–H groups in total. The van der Waals surface area contributed by atoms with E-state index < -0.39 is 18.0 Å². The van der Waals surface area contributed by atoms with Crippen molar-refractivity contribution in [3.63, 3.8) is 0 Å².